The van der Waals surface area contributed by atoms with Crippen molar-refractivity contribution in [3.05, 3.63) is 0 Å². The normalized spacial score (nSPS) is 22.3. The van der Waals surface area contributed by atoms with Gasteiger partial charge in [-0.2, -0.15) is 0 Å². The van der Waals surface area contributed by atoms with E-state index in [0.29, 0.717) is 12.3 Å². The molecule has 1 atom stereocenters. The SMILES string of the molecule is CC(=O)CC(O)C1CCCCCC1. The number of rotatable bonds is 3. The van der Waals surface area contributed by atoms with Gasteiger partial charge in [-0.1, -0.05) is 25.7 Å². The summed E-state index contributed by atoms with van der Waals surface area (Å²) in [6.45, 7) is 1.56. The van der Waals surface area contributed by atoms with Crippen molar-refractivity contribution in [2.75, 3.05) is 0 Å². The molecular formula is C11H20O2. The number of carbonyl (C=O) groups is 1. The van der Waals surface area contributed by atoms with Gasteiger partial charge in [0.15, 0.2) is 0 Å². The summed E-state index contributed by atoms with van der Waals surface area (Å²) in [7, 11) is 0. The minimum Gasteiger partial charge on any atom is -0.392 e. The van der Waals surface area contributed by atoms with Gasteiger partial charge in [0.05, 0.1) is 6.10 Å². The number of aliphatic hydroxyl groups is 1. The molecule has 0 aromatic heterocycles. The van der Waals surface area contributed by atoms with Crippen molar-refractivity contribution >= 4 is 5.78 Å². The smallest absolute Gasteiger partial charge is 0.132 e. The van der Waals surface area contributed by atoms with Gasteiger partial charge in [0, 0.05) is 6.42 Å². The van der Waals surface area contributed by atoms with E-state index in [0.717, 1.165) is 12.8 Å². The van der Waals surface area contributed by atoms with Gasteiger partial charge >= 0.3 is 0 Å². The molecule has 13 heavy (non-hydrogen) atoms. The van der Waals surface area contributed by atoms with Crippen molar-refractivity contribution in [3.8, 4) is 0 Å². The molecule has 76 valence electrons. The third-order valence-electron chi connectivity index (χ3n) is 2.94. The fourth-order valence-corrected chi connectivity index (χ4v) is 2.16. The molecule has 1 rings (SSSR count). The molecule has 0 aromatic carbocycles. The molecule has 1 aliphatic carbocycles. The molecule has 0 aromatic rings. The molecule has 0 amide bonds. The molecule has 2 heteroatoms. The van der Waals surface area contributed by atoms with Crippen LogP contribution in [0.25, 0.3) is 0 Å². The summed E-state index contributed by atoms with van der Waals surface area (Å²) in [5.41, 5.74) is 0. The van der Waals surface area contributed by atoms with Gasteiger partial charge in [-0.15, -0.1) is 0 Å². The number of carbonyl (C=O) groups excluding carboxylic acids is 1. The van der Waals surface area contributed by atoms with Gasteiger partial charge in [-0.25, -0.2) is 0 Å². The van der Waals surface area contributed by atoms with E-state index in [9.17, 15) is 9.90 Å². The minimum absolute atomic E-state index is 0.108. The van der Waals surface area contributed by atoms with E-state index in [1.807, 2.05) is 0 Å². The van der Waals surface area contributed by atoms with Crippen LogP contribution in [0.3, 0.4) is 0 Å². The van der Waals surface area contributed by atoms with E-state index < -0.39 is 0 Å². The van der Waals surface area contributed by atoms with Crippen LogP contribution in [0.15, 0.2) is 0 Å². The highest BCUT2D eigenvalue weighted by atomic mass is 16.3. The average molecular weight is 184 g/mol. The van der Waals surface area contributed by atoms with Gasteiger partial charge in [0.25, 0.3) is 0 Å². The Morgan fingerprint density at radius 2 is 1.85 bits per heavy atom. The van der Waals surface area contributed by atoms with Crippen LogP contribution in [-0.4, -0.2) is 17.0 Å². The average Bonchev–Trinajstić information content (AvgIpc) is 2.29. The third-order valence-corrected chi connectivity index (χ3v) is 2.94. The molecule has 0 radical (unpaired) electrons. The van der Waals surface area contributed by atoms with Crippen LogP contribution in [0.1, 0.15) is 51.9 Å². The topological polar surface area (TPSA) is 37.3 Å². The maximum absolute atomic E-state index is 10.8. The summed E-state index contributed by atoms with van der Waals surface area (Å²) < 4.78 is 0. The molecule has 1 N–H and O–H groups in total. The summed E-state index contributed by atoms with van der Waals surface area (Å²) in [6.07, 6.45) is 7.22. The van der Waals surface area contributed by atoms with Crippen LogP contribution in [0.5, 0.6) is 0 Å². The highest BCUT2D eigenvalue weighted by Gasteiger charge is 2.21. The van der Waals surface area contributed by atoms with Gasteiger partial charge in [0.1, 0.15) is 5.78 Å². The van der Waals surface area contributed by atoms with Gasteiger partial charge in [-0.05, 0) is 25.7 Å². The Morgan fingerprint density at radius 3 is 2.31 bits per heavy atom. The number of hydrogen-bond donors (Lipinski definition) is 1. The lowest BCUT2D eigenvalue weighted by atomic mass is 9.91. The van der Waals surface area contributed by atoms with E-state index in [1.165, 1.54) is 25.7 Å². The Morgan fingerprint density at radius 1 is 1.31 bits per heavy atom. The largest absolute Gasteiger partial charge is 0.392 e. The molecule has 0 saturated heterocycles. The van der Waals surface area contributed by atoms with Crippen LogP contribution in [-0.2, 0) is 4.79 Å². The van der Waals surface area contributed by atoms with Gasteiger partial charge in [-0.3, -0.25) is 4.79 Å². The number of ketones is 1. The number of hydrogen-bond acceptors (Lipinski definition) is 2. The Balaban J connectivity index is 2.34. The van der Waals surface area contributed by atoms with Crippen LogP contribution >= 0.6 is 0 Å². The van der Waals surface area contributed by atoms with Crippen molar-refractivity contribution in [1.29, 1.82) is 0 Å². The van der Waals surface area contributed by atoms with E-state index >= 15 is 0 Å². The second-order valence-corrected chi connectivity index (χ2v) is 4.23. The Labute approximate surface area is 80.3 Å². The fourth-order valence-electron chi connectivity index (χ4n) is 2.16. The Bertz CT molecular complexity index is 157. The van der Waals surface area contributed by atoms with E-state index in [-0.39, 0.29) is 11.9 Å². The summed E-state index contributed by atoms with van der Waals surface area (Å²) in [6, 6.07) is 0. The standard InChI is InChI=1S/C11H20O2/c1-9(12)8-11(13)10-6-4-2-3-5-7-10/h10-11,13H,2-8H2,1H3. The first-order valence-corrected chi connectivity index (χ1v) is 5.37. The molecule has 1 saturated carbocycles. The summed E-state index contributed by atoms with van der Waals surface area (Å²) in [5, 5.41) is 9.75. The Hall–Kier alpha value is -0.370. The zero-order valence-electron chi connectivity index (χ0n) is 8.46. The molecule has 1 aliphatic rings. The molecule has 0 spiro atoms. The summed E-state index contributed by atoms with van der Waals surface area (Å²) >= 11 is 0. The monoisotopic (exact) mass is 184 g/mol. The molecule has 2 nitrogen and oxygen atoms in total. The third kappa shape index (κ3) is 3.90. The maximum atomic E-state index is 10.8. The van der Waals surface area contributed by atoms with E-state index in [1.54, 1.807) is 6.92 Å². The van der Waals surface area contributed by atoms with Gasteiger partial charge < -0.3 is 5.11 Å². The van der Waals surface area contributed by atoms with Crippen molar-refractivity contribution in [2.45, 2.75) is 58.0 Å². The lowest BCUT2D eigenvalue weighted by Crippen LogP contribution is -2.22. The number of Topliss-reactive ketones (excluding diaryl/α,β-unsaturated/α-hetero) is 1. The number of aliphatic hydroxyl groups excluding tert-OH is 1. The van der Waals surface area contributed by atoms with Crippen molar-refractivity contribution in [1.82, 2.24) is 0 Å². The quantitative estimate of drug-likeness (QED) is 0.683. The highest BCUT2D eigenvalue weighted by Crippen LogP contribution is 2.26. The second kappa shape index (κ2) is 5.38. The van der Waals surface area contributed by atoms with Crippen LogP contribution in [0, 0.1) is 5.92 Å². The lowest BCUT2D eigenvalue weighted by molar-refractivity contribution is -0.119. The van der Waals surface area contributed by atoms with Crippen molar-refractivity contribution in [2.24, 2.45) is 5.92 Å². The maximum Gasteiger partial charge on any atom is 0.132 e. The molecule has 1 fully saturated rings. The molecule has 1 unspecified atom stereocenters. The van der Waals surface area contributed by atoms with Gasteiger partial charge in [0.2, 0.25) is 0 Å². The highest BCUT2D eigenvalue weighted by molar-refractivity contribution is 5.75. The van der Waals surface area contributed by atoms with Crippen molar-refractivity contribution < 1.29 is 9.90 Å². The second-order valence-electron chi connectivity index (χ2n) is 4.23. The minimum atomic E-state index is -0.379. The molecule has 0 aliphatic heterocycles. The van der Waals surface area contributed by atoms with E-state index in [2.05, 4.69) is 0 Å². The van der Waals surface area contributed by atoms with E-state index in [4.69, 9.17) is 0 Å². The van der Waals surface area contributed by atoms with Crippen LogP contribution < -0.4 is 0 Å². The summed E-state index contributed by atoms with van der Waals surface area (Å²) in [4.78, 5) is 10.8. The molecule has 0 bridgehead atoms. The predicted octanol–water partition coefficient (Wildman–Crippen LogP) is 2.30. The van der Waals surface area contributed by atoms with Crippen LogP contribution in [0.4, 0.5) is 0 Å². The van der Waals surface area contributed by atoms with Crippen molar-refractivity contribution in [3.63, 3.8) is 0 Å². The zero-order chi connectivity index (χ0) is 9.68. The van der Waals surface area contributed by atoms with Crippen LogP contribution in [0.2, 0.25) is 0 Å². The molecular weight excluding hydrogens is 164 g/mol. The first-order valence-electron chi connectivity index (χ1n) is 5.37. The Kier molecular flexibility index (Phi) is 4.43. The first-order chi connectivity index (χ1) is 6.20. The summed E-state index contributed by atoms with van der Waals surface area (Å²) in [5.74, 6) is 0.489. The lowest BCUT2D eigenvalue weighted by Gasteiger charge is -2.19. The predicted molar refractivity (Wildman–Crippen MR) is 52.5 cm³/mol. The molecule has 0 heterocycles. The zero-order valence-corrected chi connectivity index (χ0v) is 8.46. The first kappa shape index (κ1) is 10.7. The fraction of sp³-hybridized carbons (Fsp3) is 0.909.